The number of carbonyl (C=O) groups is 1. The first kappa shape index (κ1) is 15.5. The molecule has 19 heavy (non-hydrogen) atoms. The minimum absolute atomic E-state index is 0.208. The molecule has 7 nitrogen and oxygen atoms in total. The van der Waals surface area contributed by atoms with Crippen molar-refractivity contribution in [2.24, 2.45) is 0 Å². The highest BCUT2D eigenvalue weighted by Gasteiger charge is 2.20. The Balaban J connectivity index is 2.27. The van der Waals surface area contributed by atoms with Crippen molar-refractivity contribution < 1.29 is 19.7 Å². The van der Waals surface area contributed by atoms with E-state index in [1.165, 1.54) is 12.5 Å². The molecule has 2 unspecified atom stereocenters. The van der Waals surface area contributed by atoms with E-state index in [-0.39, 0.29) is 13.0 Å². The summed E-state index contributed by atoms with van der Waals surface area (Å²) in [6.07, 6.45) is 0.479. The molecule has 0 fully saturated rings. The lowest BCUT2D eigenvalue weighted by molar-refractivity contribution is 0.0102. The standard InChI is InChI=1S/C12H21N3O4/c1-12(2,3)19-11(18)14-5-4-9(16)10(17)8-6-13-7-15-8/h6-7,9-10,16-17H,4-5H2,1-3H3,(H,13,15)(H,14,18). The van der Waals surface area contributed by atoms with E-state index in [2.05, 4.69) is 15.3 Å². The van der Waals surface area contributed by atoms with Crippen molar-refractivity contribution in [2.75, 3.05) is 6.54 Å². The van der Waals surface area contributed by atoms with E-state index in [9.17, 15) is 15.0 Å². The fraction of sp³-hybridized carbons (Fsp3) is 0.667. The van der Waals surface area contributed by atoms with E-state index >= 15 is 0 Å². The van der Waals surface area contributed by atoms with Gasteiger partial charge in [-0.05, 0) is 27.2 Å². The fourth-order valence-electron chi connectivity index (χ4n) is 1.43. The smallest absolute Gasteiger partial charge is 0.407 e. The van der Waals surface area contributed by atoms with E-state index < -0.39 is 23.9 Å². The number of hydrogen-bond donors (Lipinski definition) is 4. The molecule has 0 radical (unpaired) electrons. The van der Waals surface area contributed by atoms with Crippen LogP contribution in [0.2, 0.25) is 0 Å². The number of nitrogens with one attached hydrogen (secondary N) is 2. The van der Waals surface area contributed by atoms with Gasteiger partial charge in [0.2, 0.25) is 0 Å². The highest BCUT2D eigenvalue weighted by atomic mass is 16.6. The number of imidazole rings is 1. The molecule has 7 heteroatoms. The molecular formula is C12H21N3O4. The van der Waals surface area contributed by atoms with Crippen LogP contribution < -0.4 is 5.32 Å². The van der Waals surface area contributed by atoms with Crippen LogP contribution in [0.4, 0.5) is 4.79 Å². The summed E-state index contributed by atoms with van der Waals surface area (Å²) in [5, 5.41) is 22.0. The first-order valence-corrected chi connectivity index (χ1v) is 6.11. The normalized spacial score (nSPS) is 14.8. The lowest BCUT2D eigenvalue weighted by atomic mass is 10.1. The van der Waals surface area contributed by atoms with Gasteiger partial charge in [0, 0.05) is 6.54 Å². The molecule has 1 amide bonds. The molecule has 0 saturated carbocycles. The number of aliphatic hydroxyl groups is 2. The van der Waals surface area contributed by atoms with Crippen molar-refractivity contribution in [3.8, 4) is 0 Å². The molecule has 0 aliphatic rings. The van der Waals surface area contributed by atoms with Gasteiger partial charge in [-0.25, -0.2) is 9.78 Å². The highest BCUT2D eigenvalue weighted by Crippen LogP contribution is 2.15. The van der Waals surface area contributed by atoms with Crippen molar-refractivity contribution in [3.05, 3.63) is 18.2 Å². The van der Waals surface area contributed by atoms with E-state index in [4.69, 9.17) is 4.74 Å². The summed E-state index contributed by atoms with van der Waals surface area (Å²) >= 11 is 0. The van der Waals surface area contributed by atoms with Gasteiger partial charge < -0.3 is 25.3 Å². The quantitative estimate of drug-likeness (QED) is 0.631. The molecule has 0 saturated heterocycles. The largest absolute Gasteiger partial charge is 0.444 e. The van der Waals surface area contributed by atoms with Gasteiger partial charge in [0.1, 0.15) is 11.7 Å². The number of aromatic amines is 1. The van der Waals surface area contributed by atoms with E-state index in [1.54, 1.807) is 20.8 Å². The van der Waals surface area contributed by atoms with Gasteiger partial charge in [-0.3, -0.25) is 0 Å². The molecular weight excluding hydrogens is 250 g/mol. The van der Waals surface area contributed by atoms with Gasteiger partial charge in [-0.2, -0.15) is 0 Å². The number of H-pyrrole nitrogens is 1. The predicted octanol–water partition coefficient (Wildman–Crippen LogP) is 0.719. The number of nitrogens with zero attached hydrogens (tertiary/aromatic N) is 1. The van der Waals surface area contributed by atoms with E-state index in [1.807, 2.05) is 0 Å². The average Bonchev–Trinajstić information content (AvgIpc) is 2.78. The van der Waals surface area contributed by atoms with Gasteiger partial charge in [0.15, 0.2) is 0 Å². The summed E-state index contributed by atoms with van der Waals surface area (Å²) in [4.78, 5) is 17.8. The molecule has 4 N–H and O–H groups in total. The summed E-state index contributed by atoms with van der Waals surface area (Å²) in [6.45, 7) is 5.51. The van der Waals surface area contributed by atoms with Gasteiger partial charge in [-0.15, -0.1) is 0 Å². The summed E-state index contributed by atoms with van der Waals surface area (Å²) in [6, 6.07) is 0. The molecule has 1 heterocycles. The molecule has 0 aliphatic heterocycles. The lowest BCUT2D eigenvalue weighted by Gasteiger charge is -2.20. The number of alkyl carbamates (subject to hydrolysis) is 1. The third-order valence-electron chi connectivity index (χ3n) is 2.31. The number of rotatable bonds is 5. The molecule has 1 aromatic rings. The number of hydrogen-bond acceptors (Lipinski definition) is 5. The predicted molar refractivity (Wildman–Crippen MR) is 68.4 cm³/mol. The molecule has 0 spiro atoms. The first-order chi connectivity index (χ1) is 8.79. The summed E-state index contributed by atoms with van der Waals surface area (Å²) in [7, 11) is 0. The zero-order valence-electron chi connectivity index (χ0n) is 11.4. The Bertz CT molecular complexity index is 386. The van der Waals surface area contributed by atoms with Crippen LogP contribution in [0.25, 0.3) is 0 Å². The van der Waals surface area contributed by atoms with Gasteiger partial charge in [0.05, 0.1) is 24.3 Å². The summed E-state index contributed by atoms with van der Waals surface area (Å²) in [5.41, 5.74) is -0.122. The monoisotopic (exact) mass is 271 g/mol. The van der Waals surface area contributed by atoms with Crippen LogP contribution in [0.3, 0.4) is 0 Å². The maximum atomic E-state index is 11.3. The van der Waals surface area contributed by atoms with Crippen LogP contribution in [0.5, 0.6) is 0 Å². The zero-order valence-corrected chi connectivity index (χ0v) is 11.4. The Labute approximate surface area is 112 Å². The molecule has 1 aromatic heterocycles. The fourth-order valence-corrected chi connectivity index (χ4v) is 1.43. The van der Waals surface area contributed by atoms with E-state index in [0.29, 0.717) is 5.69 Å². The third kappa shape index (κ3) is 5.71. The maximum Gasteiger partial charge on any atom is 0.407 e. The van der Waals surface area contributed by atoms with E-state index in [0.717, 1.165) is 0 Å². The van der Waals surface area contributed by atoms with Crippen LogP contribution in [-0.2, 0) is 4.74 Å². The number of ether oxygens (including phenoxy) is 1. The Kier molecular flexibility index (Phi) is 5.31. The molecule has 0 bridgehead atoms. The van der Waals surface area contributed by atoms with Crippen molar-refractivity contribution in [1.29, 1.82) is 0 Å². The van der Waals surface area contributed by atoms with Gasteiger partial charge in [-0.1, -0.05) is 0 Å². The zero-order chi connectivity index (χ0) is 14.5. The topological polar surface area (TPSA) is 107 Å². The number of aliphatic hydroxyl groups excluding tert-OH is 2. The lowest BCUT2D eigenvalue weighted by Crippen LogP contribution is -2.34. The minimum Gasteiger partial charge on any atom is -0.444 e. The van der Waals surface area contributed by atoms with Crippen LogP contribution in [0.15, 0.2) is 12.5 Å². The van der Waals surface area contributed by atoms with Crippen LogP contribution in [-0.4, -0.2) is 44.5 Å². The average molecular weight is 271 g/mol. The minimum atomic E-state index is -1.05. The van der Waals surface area contributed by atoms with Crippen LogP contribution in [0, 0.1) is 0 Å². The summed E-state index contributed by atoms with van der Waals surface area (Å²) < 4.78 is 5.04. The van der Waals surface area contributed by atoms with Crippen molar-refractivity contribution in [2.45, 2.75) is 45.0 Å². The molecule has 1 rings (SSSR count). The molecule has 2 atom stereocenters. The highest BCUT2D eigenvalue weighted by molar-refractivity contribution is 5.67. The number of amides is 1. The number of carbonyl (C=O) groups excluding carboxylic acids is 1. The molecule has 0 aromatic carbocycles. The van der Waals surface area contributed by atoms with Crippen molar-refractivity contribution in [3.63, 3.8) is 0 Å². The number of aromatic nitrogens is 2. The second-order valence-electron chi connectivity index (χ2n) is 5.24. The Morgan fingerprint density at radius 2 is 2.21 bits per heavy atom. The Morgan fingerprint density at radius 3 is 2.74 bits per heavy atom. The maximum absolute atomic E-state index is 11.3. The van der Waals surface area contributed by atoms with Crippen LogP contribution >= 0.6 is 0 Å². The Morgan fingerprint density at radius 1 is 1.53 bits per heavy atom. The van der Waals surface area contributed by atoms with Gasteiger partial charge >= 0.3 is 6.09 Å². The first-order valence-electron chi connectivity index (χ1n) is 6.11. The Hall–Kier alpha value is -1.60. The molecule has 108 valence electrons. The SMILES string of the molecule is CC(C)(C)OC(=O)NCCC(O)C(O)c1cnc[nH]1. The second-order valence-corrected chi connectivity index (χ2v) is 5.24. The second kappa shape index (κ2) is 6.53. The third-order valence-corrected chi connectivity index (χ3v) is 2.31. The van der Waals surface area contributed by atoms with Crippen molar-refractivity contribution in [1.82, 2.24) is 15.3 Å². The van der Waals surface area contributed by atoms with Crippen molar-refractivity contribution >= 4 is 6.09 Å². The van der Waals surface area contributed by atoms with Crippen LogP contribution in [0.1, 0.15) is 39.0 Å². The summed E-state index contributed by atoms with van der Waals surface area (Å²) in [5.74, 6) is 0. The molecule has 0 aliphatic carbocycles. The van der Waals surface area contributed by atoms with Gasteiger partial charge in [0.25, 0.3) is 0 Å².